The maximum atomic E-state index is 12.3. The number of hydrogen-bond donors (Lipinski definition) is 1. The molecule has 0 heterocycles. The molecule has 0 aromatic heterocycles. The molecule has 0 atom stereocenters. The predicted octanol–water partition coefficient (Wildman–Crippen LogP) is 3.57. The van der Waals surface area contributed by atoms with E-state index in [1.165, 1.54) is 10.6 Å². The fourth-order valence-electron chi connectivity index (χ4n) is 3.24. The van der Waals surface area contributed by atoms with Crippen LogP contribution in [0.4, 0.5) is 5.69 Å². The number of amides is 1. The lowest BCUT2D eigenvalue weighted by molar-refractivity contribution is -0.121. The van der Waals surface area contributed by atoms with Crippen LogP contribution in [-0.2, 0) is 21.4 Å². The molecule has 0 spiro atoms. The molecule has 0 saturated carbocycles. The van der Waals surface area contributed by atoms with Crippen molar-refractivity contribution in [1.82, 2.24) is 5.32 Å². The van der Waals surface area contributed by atoms with Crippen molar-refractivity contribution in [2.24, 2.45) is 0 Å². The Morgan fingerprint density at radius 3 is 2.52 bits per heavy atom. The molecule has 1 amide bonds. The predicted molar refractivity (Wildman–Crippen MR) is 123 cm³/mol. The van der Waals surface area contributed by atoms with Crippen molar-refractivity contribution in [1.29, 1.82) is 0 Å². The molecule has 1 N–H and O–H groups in total. The average Bonchev–Trinajstić information content (AvgIpc) is 2.71. The summed E-state index contributed by atoms with van der Waals surface area (Å²) in [7, 11) is -1.87. The molecule has 8 heteroatoms. The third kappa shape index (κ3) is 6.89. The zero-order valence-electron chi connectivity index (χ0n) is 18.9. The van der Waals surface area contributed by atoms with E-state index in [0.717, 1.165) is 16.7 Å². The molecular weight excluding hydrogens is 416 g/mol. The Hall–Kier alpha value is -2.74. The maximum Gasteiger partial charge on any atom is 0.232 e. The number of nitrogens with one attached hydrogen (secondary N) is 1. The second-order valence-corrected chi connectivity index (χ2v) is 9.26. The first-order chi connectivity index (χ1) is 14.7. The van der Waals surface area contributed by atoms with Crippen molar-refractivity contribution < 1.29 is 22.7 Å². The number of ether oxygens (including phenoxy) is 2. The number of methoxy groups -OCH3 is 1. The number of carbonyl (C=O) groups is 1. The van der Waals surface area contributed by atoms with E-state index in [2.05, 4.69) is 5.32 Å². The van der Waals surface area contributed by atoms with E-state index in [4.69, 9.17) is 9.47 Å². The lowest BCUT2D eigenvalue weighted by Crippen LogP contribution is -2.32. The number of anilines is 1. The van der Waals surface area contributed by atoms with Gasteiger partial charge in [0.2, 0.25) is 15.9 Å². The average molecular weight is 449 g/mol. The van der Waals surface area contributed by atoms with Gasteiger partial charge >= 0.3 is 0 Å². The highest BCUT2D eigenvalue weighted by atomic mass is 32.2. The minimum Gasteiger partial charge on any atom is -0.493 e. The molecule has 7 nitrogen and oxygen atoms in total. The van der Waals surface area contributed by atoms with Crippen LogP contribution < -0.4 is 19.1 Å². The zero-order valence-corrected chi connectivity index (χ0v) is 19.7. The Balaban J connectivity index is 1.94. The van der Waals surface area contributed by atoms with E-state index in [0.29, 0.717) is 36.8 Å². The van der Waals surface area contributed by atoms with E-state index in [1.807, 2.05) is 45.0 Å². The van der Waals surface area contributed by atoms with E-state index < -0.39 is 10.0 Å². The number of hydrogen-bond acceptors (Lipinski definition) is 5. The third-order valence-corrected chi connectivity index (χ3v) is 6.21. The van der Waals surface area contributed by atoms with Gasteiger partial charge in [0.05, 0.1) is 25.7 Å². The first-order valence-corrected chi connectivity index (χ1v) is 12.1. The number of carbonyl (C=O) groups excluding carboxylic acids is 1. The second kappa shape index (κ2) is 11.0. The molecule has 0 fully saturated rings. The molecule has 2 aromatic rings. The summed E-state index contributed by atoms with van der Waals surface area (Å²) >= 11 is 0. The van der Waals surface area contributed by atoms with E-state index in [-0.39, 0.29) is 18.9 Å². The molecule has 0 aliphatic heterocycles. The number of nitrogens with zero attached hydrogens (tertiary/aromatic N) is 1. The summed E-state index contributed by atoms with van der Waals surface area (Å²) in [5, 5.41) is 2.88. The van der Waals surface area contributed by atoms with Gasteiger partial charge < -0.3 is 14.8 Å². The molecular formula is C23H32N2O5S. The van der Waals surface area contributed by atoms with Crippen LogP contribution in [0.5, 0.6) is 11.5 Å². The summed E-state index contributed by atoms with van der Waals surface area (Å²) < 4.78 is 36.8. The van der Waals surface area contributed by atoms with Crippen molar-refractivity contribution in [3.05, 3.63) is 53.1 Å². The van der Waals surface area contributed by atoms with Gasteiger partial charge in [0.1, 0.15) is 0 Å². The van der Waals surface area contributed by atoms with Gasteiger partial charge in [-0.3, -0.25) is 9.10 Å². The van der Waals surface area contributed by atoms with Crippen LogP contribution in [0, 0.1) is 13.8 Å². The summed E-state index contributed by atoms with van der Waals surface area (Å²) in [6.45, 7) is 6.86. The molecule has 0 bridgehead atoms. The Morgan fingerprint density at radius 2 is 1.87 bits per heavy atom. The van der Waals surface area contributed by atoms with Crippen molar-refractivity contribution in [3.63, 3.8) is 0 Å². The number of rotatable bonds is 11. The van der Waals surface area contributed by atoms with Crippen LogP contribution in [0.25, 0.3) is 0 Å². The lowest BCUT2D eigenvalue weighted by Gasteiger charge is -2.24. The standard InChI is InChI=1S/C23H32N2O5S/c1-6-30-22-15-19(12-13-21(22)29-4)16-24-23(26)11-8-14-25(31(5,27)28)20-10-7-9-17(2)18(20)3/h7,9-10,12-13,15H,6,8,11,14,16H2,1-5H3,(H,24,26). The van der Waals surface area contributed by atoms with Crippen LogP contribution in [0.2, 0.25) is 0 Å². The molecule has 0 radical (unpaired) electrons. The van der Waals surface area contributed by atoms with E-state index in [1.54, 1.807) is 19.2 Å². The summed E-state index contributed by atoms with van der Waals surface area (Å²) in [4.78, 5) is 12.3. The second-order valence-electron chi connectivity index (χ2n) is 7.35. The Morgan fingerprint density at radius 1 is 1.13 bits per heavy atom. The van der Waals surface area contributed by atoms with Gasteiger partial charge in [0.15, 0.2) is 11.5 Å². The maximum absolute atomic E-state index is 12.3. The Labute approximate surface area is 185 Å². The van der Waals surface area contributed by atoms with Crippen molar-refractivity contribution in [3.8, 4) is 11.5 Å². The minimum atomic E-state index is -3.45. The molecule has 0 saturated heterocycles. The molecule has 0 unspecified atom stereocenters. The zero-order chi connectivity index (χ0) is 23.0. The normalized spacial score (nSPS) is 11.1. The highest BCUT2D eigenvalue weighted by Crippen LogP contribution is 2.28. The molecule has 2 aromatic carbocycles. The first kappa shape index (κ1) is 24.5. The van der Waals surface area contributed by atoms with Gasteiger partial charge in [-0.15, -0.1) is 0 Å². The molecule has 2 rings (SSSR count). The third-order valence-electron chi connectivity index (χ3n) is 5.03. The summed E-state index contributed by atoms with van der Waals surface area (Å²) in [5.41, 5.74) is 3.49. The first-order valence-electron chi connectivity index (χ1n) is 10.3. The highest BCUT2D eigenvalue weighted by Gasteiger charge is 2.20. The summed E-state index contributed by atoms with van der Waals surface area (Å²) in [6.07, 6.45) is 1.83. The number of aryl methyl sites for hydroxylation is 1. The van der Waals surface area contributed by atoms with Crippen molar-refractivity contribution in [2.45, 2.75) is 40.2 Å². The molecule has 170 valence electrons. The molecule has 0 aliphatic carbocycles. The monoisotopic (exact) mass is 448 g/mol. The van der Waals surface area contributed by atoms with Crippen LogP contribution >= 0.6 is 0 Å². The lowest BCUT2D eigenvalue weighted by atomic mass is 10.1. The van der Waals surface area contributed by atoms with Crippen molar-refractivity contribution in [2.75, 3.05) is 30.8 Å². The Bertz CT molecular complexity index is 1010. The van der Waals surface area contributed by atoms with Crippen LogP contribution in [-0.4, -0.2) is 40.8 Å². The van der Waals surface area contributed by atoms with Gasteiger partial charge in [-0.05, 0) is 62.1 Å². The summed E-state index contributed by atoms with van der Waals surface area (Å²) in [6, 6.07) is 11.1. The molecule has 31 heavy (non-hydrogen) atoms. The summed E-state index contributed by atoms with van der Waals surface area (Å²) in [5.74, 6) is 1.14. The smallest absolute Gasteiger partial charge is 0.232 e. The number of sulfonamides is 1. The van der Waals surface area contributed by atoms with Crippen molar-refractivity contribution >= 4 is 21.6 Å². The SMILES string of the molecule is CCOc1cc(CNC(=O)CCCN(c2cccc(C)c2C)S(C)(=O)=O)ccc1OC. The largest absolute Gasteiger partial charge is 0.493 e. The van der Waals surface area contributed by atoms with Crippen LogP contribution in [0.3, 0.4) is 0 Å². The Kier molecular flexibility index (Phi) is 8.74. The van der Waals surface area contributed by atoms with E-state index in [9.17, 15) is 13.2 Å². The fraction of sp³-hybridized carbons (Fsp3) is 0.435. The van der Waals surface area contributed by atoms with Gasteiger partial charge in [0.25, 0.3) is 0 Å². The van der Waals surface area contributed by atoms with E-state index >= 15 is 0 Å². The quantitative estimate of drug-likeness (QED) is 0.568. The number of benzene rings is 2. The van der Waals surface area contributed by atoms with Gasteiger partial charge in [-0.1, -0.05) is 18.2 Å². The van der Waals surface area contributed by atoms with Gasteiger partial charge in [-0.2, -0.15) is 0 Å². The highest BCUT2D eigenvalue weighted by molar-refractivity contribution is 7.92. The van der Waals surface area contributed by atoms with Crippen LogP contribution in [0.15, 0.2) is 36.4 Å². The topological polar surface area (TPSA) is 84.9 Å². The van der Waals surface area contributed by atoms with Gasteiger partial charge in [-0.25, -0.2) is 8.42 Å². The van der Waals surface area contributed by atoms with Gasteiger partial charge in [0, 0.05) is 19.5 Å². The minimum absolute atomic E-state index is 0.136. The van der Waals surface area contributed by atoms with Crippen LogP contribution in [0.1, 0.15) is 36.5 Å². The fourth-order valence-corrected chi connectivity index (χ4v) is 4.26. The molecule has 0 aliphatic rings.